The smallest absolute Gasteiger partial charge is 0.323 e. The zero-order valence-electron chi connectivity index (χ0n) is 27.4. The van der Waals surface area contributed by atoms with Gasteiger partial charge in [-0.2, -0.15) is 0 Å². The van der Waals surface area contributed by atoms with Crippen LogP contribution in [-0.2, 0) is 4.74 Å². The van der Waals surface area contributed by atoms with Crippen LogP contribution in [0, 0.1) is 11.7 Å². The number of carbonyl (C=O) groups excluding carboxylic acids is 3. The zero-order chi connectivity index (χ0) is 33.9. The van der Waals surface area contributed by atoms with Crippen molar-refractivity contribution in [3.05, 3.63) is 89.7 Å². The van der Waals surface area contributed by atoms with Gasteiger partial charge in [-0.15, -0.1) is 0 Å². The van der Waals surface area contributed by atoms with E-state index < -0.39 is 17.9 Å². The molecule has 0 spiro atoms. The molecule has 252 valence electrons. The summed E-state index contributed by atoms with van der Waals surface area (Å²) in [4.78, 5) is 43.4. The van der Waals surface area contributed by atoms with Crippen LogP contribution in [0.25, 0.3) is 0 Å². The van der Waals surface area contributed by atoms with Crippen molar-refractivity contribution in [2.45, 2.75) is 58.3 Å². The number of benzene rings is 3. The number of nitrogens with one attached hydrogen (secondary N) is 2. The lowest BCUT2D eigenvalue weighted by Gasteiger charge is -2.36. The maximum absolute atomic E-state index is 14.3. The highest BCUT2D eigenvalue weighted by Crippen LogP contribution is 2.29. The number of carbonyl (C=O) groups is 3. The average molecular weight is 649 g/mol. The molecule has 3 aromatic carbocycles. The second kappa shape index (κ2) is 16.9. The highest BCUT2D eigenvalue weighted by Gasteiger charge is 2.31. The Morgan fingerprint density at radius 3 is 2.40 bits per heavy atom. The number of likely N-dealkylation sites (N-methyl/N-ethyl adjacent to an activating group) is 1. The van der Waals surface area contributed by atoms with Gasteiger partial charge in [-0.25, -0.2) is 9.18 Å². The van der Waals surface area contributed by atoms with E-state index >= 15 is 0 Å². The Balaban J connectivity index is 1.60. The maximum atomic E-state index is 14.3. The lowest BCUT2D eigenvalue weighted by molar-refractivity contribution is -0.0149. The number of halogens is 1. The third-order valence-corrected chi connectivity index (χ3v) is 8.23. The lowest BCUT2D eigenvalue weighted by Crippen LogP contribution is -2.48. The van der Waals surface area contributed by atoms with Gasteiger partial charge in [0.1, 0.15) is 11.6 Å². The molecule has 4 atom stereocenters. The monoisotopic (exact) mass is 648 g/mol. The fourth-order valence-corrected chi connectivity index (χ4v) is 5.44. The van der Waals surface area contributed by atoms with E-state index in [9.17, 15) is 23.9 Å². The molecule has 1 aliphatic rings. The number of hydrogen-bond donors (Lipinski definition) is 3. The summed E-state index contributed by atoms with van der Waals surface area (Å²) in [6.45, 7) is 6.43. The number of aliphatic hydroxyl groups excluding tert-OH is 1. The van der Waals surface area contributed by atoms with Crippen LogP contribution in [0.3, 0.4) is 0 Å². The Hall–Kier alpha value is -4.48. The van der Waals surface area contributed by atoms with Gasteiger partial charge in [0.25, 0.3) is 11.8 Å². The largest absolute Gasteiger partial charge is 0.490 e. The van der Waals surface area contributed by atoms with Gasteiger partial charge in [0.2, 0.25) is 0 Å². The van der Waals surface area contributed by atoms with Crippen LogP contribution >= 0.6 is 0 Å². The summed E-state index contributed by atoms with van der Waals surface area (Å²) >= 11 is 0. The van der Waals surface area contributed by atoms with Gasteiger partial charge in [0.05, 0.1) is 30.4 Å². The highest BCUT2D eigenvalue weighted by atomic mass is 19.1. The molecule has 0 aromatic heterocycles. The van der Waals surface area contributed by atoms with Gasteiger partial charge in [-0.3, -0.25) is 9.59 Å². The average Bonchev–Trinajstić information content (AvgIpc) is 3.07. The highest BCUT2D eigenvalue weighted by molar-refractivity contribution is 6.02. The first-order chi connectivity index (χ1) is 22.5. The molecular formula is C36H45FN4O6. The Morgan fingerprint density at radius 1 is 1.02 bits per heavy atom. The number of rotatable bonds is 7. The number of hydrogen-bond acceptors (Lipinski definition) is 6. The van der Waals surface area contributed by atoms with Crippen LogP contribution < -0.4 is 15.4 Å². The van der Waals surface area contributed by atoms with E-state index in [1.807, 2.05) is 32.0 Å². The van der Waals surface area contributed by atoms with Gasteiger partial charge >= 0.3 is 6.03 Å². The molecule has 3 aromatic rings. The number of anilines is 2. The van der Waals surface area contributed by atoms with Gasteiger partial charge in [0.15, 0.2) is 0 Å². The van der Waals surface area contributed by atoms with Gasteiger partial charge in [0, 0.05) is 49.6 Å². The van der Waals surface area contributed by atoms with Crippen LogP contribution in [0.2, 0.25) is 0 Å². The maximum Gasteiger partial charge on any atom is 0.323 e. The predicted molar refractivity (Wildman–Crippen MR) is 179 cm³/mol. The van der Waals surface area contributed by atoms with E-state index in [-0.39, 0.29) is 48.7 Å². The third kappa shape index (κ3) is 10.0. The Bertz CT molecular complexity index is 1490. The van der Waals surface area contributed by atoms with E-state index in [2.05, 4.69) is 10.6 Å². The first-order valence-corrected chi connectivity index (χ1v) is 16.0. The molecule has 10 nitrogen and oxygen atoms in total. The number of amides is 4. The van der Waals surface area contributed by atoms with Crippen molar-refractivity contribution in [3.63, 3.8) is 0 Å². The van der Waals surface area contributed by atoms with Gasteiger partial charge < -0.3 is 35.0 Å². The fraction of sp³-hybridized carbons (Fsp3) is 0.417. The molecular weight excluding hydrogens is 603 g/mol. The van der Waals surface area contributed by atoms with Crippen molar-refractivity contribution >= 4 is 29.2 Å². The summed E-state index contributed by atoms with van der Waals surface area (Å²) in [5, 5.41) is 15.6. The molecule has 4 rings (SSSR count). The molecule has 0 saturated carbocycles. The normalized spacial score (nSPS) is 19.8. The minimum atomic E-state index is -0.567. The summed E-state index contributed by atoms with van der Waals surface area (Å²) in [5.41, 5.74) is 1.56. The predicted octanol–water partition coefficient (Wildman–Crippen LogP) is 6.04. The number of ether oxygens (including phenoxy) is 2. The van der Waals surface area contributed by atoms with Crippen LogP contribution in [0.15, 0.2) is 72.8 Å². The van der Waals surface area contributed by atoms with E-state index in [4.69, 9.17) is 9.47 Å². The van der Waals surface area contributed by atoms with E-state index in [1.165, 1.54) is 24.3 Å². The zero-order valence-corrected chi connectivity index (χ0v) is 27.4. The van der Waals surface area contributed by atoms with Crippen molar-refractivity contribution in [2.24, 2.45) is 5.92 Å². The summed E-state index contributed by atoms with van der Waals surface area (Å²) in [5.74, 6) is -0.772. The Morgan fingerprint density at radius 2 is 1.70 bits per heavy atom. The summed E-state index contributed by atoms with van der Waals surface area (Å²) in [6.07, 6.45) is 1.76. The van der Waals surface area contributed by atoms with Crippen LogP contribution in [0.1, 0.15) is 60.7 Å². The molecule has 0 unspecified atom stereocenters. The minimum absolute atomic E-state index is 0.124. The standard InChI is InChI=1S/C36H45FN4O6/c1-24-21-41(25(2)23-42)35(44)31-20-30(39-36(45)38-29-15-13-28(37)14-16-29)17-18-32(31)47-26(3)10-8-9-19-46-33(24)22-40(4)34(43)27-11-6-5-7-12-27/h5-7,11-18,20,24-26,33,42H,8-10,19,21-23H2,1-4H3,(H2,38,39,45)/t24-,25-,26+,33+/m1/s1. The lowest BCUT2D eigenvalue weighted by atomic mass is 10.0. The molecule has 0 bridgehead atoms. The number of fused-ring (bicyclic) bond motifs is 1. The molecule has 11 heteroatoms. The SMILES string of the molecule is C[C@@H]1CN([C@H](C)CO)C(=O)c2cc(NC(=O)Nc3ccc(F)cc3)ccc2O[C@@H](C)CCCCO[C@H]1CN(C)C(=O)c1ccccc1. The molecule has 47 heavy (non-hydrogen) atoms. The number of aliphatic hydroxyl groups is 1. The Labute approximate surface area is 275 Å². The third-order valence-electron chi connectivity index (χ3n) is 8.23. The molecule has 1 heterocycles. The molecule has 0 radical (unpaired) electrons. The molecule has 0 fully saturated rings. The molecule has 0 aliphatic carbocycles. The minimum Gasteiger partial charge on any atom is -0.490 e. The number of urea groups is 1. The van der Waals surface area contributed by atoms with Gasteiger partial charge in [-0.1, -0.05) is 25.1 Å². The summed E-state index contributed by atoms with van der Waals surface area (Å²) in [6, 6.07) is 18.2. The molecule has 0 saturated heterocycles. The summed E-state index contributed by atoms with van der Waals surface area (Å²) < 4.78 is 25.9. The summed E-state index contributed by atoms with van der Waals surface area (Å²) in [7, 11) is 1.74. The van der Waals surface area contributed by atoms with Gasteiger partial charge in [-0.05, 0) is 87.7 Å². The second-order valence-corrected chi connectivity index (χ2v) is 12.1. The fourth-order valence-electron chi connectivity index (χ4n) is 5.44. The molecule has 4 amide bonds. The van der Waals surface area contributed by atoms with Crippen LogP contribution in [-0.4, -0.2) is 84.4 Å². The van der Waals surface area contributed by atoms with Crippen molar-refractivity contribution in [1.82, 2.24) is 9.80 Å². The van der Waals surface area contributed by atoms with Crippen molar-refractivity contribution in [3.8, 4) is 5.75 Å². The van der Waals surface area contributed by atoms with Crippen molar-refractivity contribution < 1.29 is 33.4 Å². The second-order valence-electron chi connectivity index (χ2n) is 12.1. The van der Waals surface area contributed by atoms with E-state index in [0.717, 1.165) is 19.3 Å². The first-order valence-electron chi connectivity index (χ1n) is 16.0. The van der Waals surface area contributed by atoms with Crippen molar-refractivity contribution in [2.75, 3.05) is 44.0 Å². The van der Waals surface area contributed by atoms with Crippen LogP contribution in [0.4, 0.5) is 20.6 Å². The molecule has 1 aliphatic heterocycles. The van der Waals surface area contributed by atoms with Crippen molar-refractivity contribution in [1.29, 1.82) is 0 Å². The Kier molecular flexibility index (Phi) is 12.7. The quantitative estimate of drug-likeness (QED) is 0.288. The van der Waals surface area contributed by atoms with E-state index in [1.54, 1.807) is 54.1 Å². The number of nitrogens with zero attached hydrogens (tertiary/aromatic N) is 2. The molecule has 3 N–H and O–H groups in total. The first kappa shape index (κ1) is 35.4. The van der Waals surface area contributed by atoms with Crippen LogP contribution in [0.5, 0.6) is 5.75 Å². The topological polar surface area (TPSA) is 120 Å². The van der Waals surface area contributed by atoms with E-state index in [0.29, 0.717) is 35.8 Å².